The zero-order chi connectivity index (χ0) is 19.6. The number of rotatable bonds is 6. The van der Waals surface area contributed by atoms with Gasteiger partial charge in [0.2, 0.25) is 11.8 Å². The number of nitrogens with one attached hydrogen (secondary N) is 1. The molecular formula is C21H30FN3O2. The van der Waals surface area contributed by atoms with Crippen LogP contribution in [-0.4, -0.2) is 60.4 Å². The van der Waals surface area contributed by atoms with Gasteiger partial charge in [-0.25, -0.2) is 4.39 Å². The molecule has 0 aromatic heterocycles. The Kier molecular flexibility index (Phi) is 5.84. The van der Waals surface area contributed by atoms with Gasteiger partial charge >= 0.3 is 0 Å². The number of likely N-dealkylation sites (tertiary alicyclic amines) is 1. The highest BCUT2D eigenvalue weighted by molar-refractivity contribution is 5.91. The van der Waals surface area contributed by atoms with Crippen molar-refractivity contribution in [1.29, 1.82) is 0 Å². The molecule has 1 N–H and O–H groups in total. The Morgan fingerprint density at radius 2 is 1.81 bits per heavy atom. The largest absolute Gasteiger partial charge is 0.353 e. The van der Waals surface area contributed by atoms with Crippen molar-refractivity contribution in [2.45, 2.75) is 57.0 Å². The molecule has 148 valence electrons. The van der Waals surface area contributed by atoms with Gasteiger partial charge in [0, 0.05) is 25.2 Å². The molecular weight excluding hydrogens is 345 g/mol. The number of carbonyl (C=O) groups excluding carboxylic acids is 2. The number of nitrogens with zero attached hydrogens (tertiary/aromatic N) is 2. The Labute approximate surface area is 160 Å². The van der Waals surface area contributed by atoms with Crippen LogP contribution in [0.3, 0.4) is 0 Å². The minimum absolute atomic E-state index is 0.0410. The lowest BCUT2D eigenvalue weighted by atomic mass is 9.92. The van der Waals surface area contributed by atoms with Gasteiger partial charge in [-0.2, -0.15) is 0 Å². The molecule has 1 saturated carbocycles. The van der Waals surface area contributed by atoms with E-state index in [4.69, 9.17) is 0 Å². The maximum atomic E-state index is 13.2. The van der Waals surface area contributed by atoms with Gasteiger partial charge in [0.05, 0.1) is 12.0 Å². The van der Waals surface area contributed by atoms with E-state index in [0.717, 1.165) is 31.2 Å². The summed E-state index contributed by atoms with van der Waals surface area (Å²) in [7, 11) is 1.98. The summed E-state index contributed by atoms with van der Waals surface area (Å²) in [5.41, 5.74) is 0.488. The van der Waals surface area contributed by atoms with Gasteiger partial charge in [-0.15, -0.1) is 0 Å². The highest BCUT2D eigenvalue weighted by Gasteiger charge is 2.53. The zero-order valence-electron chi connectivity index (χ0n) is 16.5. The highest BCUT2D eigenvalue weighted by Crippen LogP contribution is 2.49. The lowest BCUT2D eigenvalue weighted by molar-refractivity contribution is -0.136. The third kappa shape index (κ3) is 4.49. The van der Waals surface area contributed by atoms with Gasteiger partial charge in [-0.05, 0) is 64.3 Å². The molecule has 1 saturated heterocycles. The molecule has 0 radical (unpaired) electrons. The first-order valence-electron chi connectivity index (χ1n) is 9.87. The molecule has 27 heavy (non-hydrogen) atoms. The average Bonchev–Trinajstić information content (AvgIpc) is 3.43. The van der Waals surface area contributed by atoms with Gasteiger partial charge in [0.1, 0.15) is 5.82 Å². The third-order valence-electron chi connectivity index (χ3n) is 5.77. The van der Waals surface area contributed by atoms with Gasteiger partial charge in [-0.1, -0.05) is 12.1 Å². The van der Waals surface area contributed by atoms with E-state index >= 15 is 0 Å². The highest BCUT2D eigenvalue weighted by atomic mass is 19.1. The molecule has 1 aliphatic heterocycles. The van der Waals surface area contributed by atoms with Crippen LogP contribution in [0.5, 0.6) is 0 Å². The van der Waals surface area contributed by atoms with E-state index in [9.17, 15) is 14.0 Å². The predicted octanol–water partition coefficient (Wildman–Crippen LogP) is 2.30. The Bertz CT molecular complexity index is 677. The summed E-state index contributed by atoms with van der Waals surface area (Å²) in [4.78, 5) is 29.1. The summed E-state index contributed by atoms with van der Waals surface area (Å²) in [6.07, 6.45) is 3.42. The first kappa shape index (κ1) is 19.8. The van der Waals surface area contributed by atoms with E-state index < -0.39 is 5.41 Å². The topological polar surface area (TPSA) is 52.7 Å². The summed E-state index contributed by atoms with van der Waals surface area (Å²) in [5, 5.41) is 2.92. The summed E-state index contributed by atoms with van der Waals surface area (Å²) in [5.74, 6) is -0.0561. The van der Waals surface area contributed by atoms with Crippen LogP contribution < -0.4 is 5.32 Å². The Hall–Kier alpha value is -1.95. The maximum absolute atomic E-state index is 13.2. The molecule has 0 unspecified atom stereocenters. The first-order valence-corrected chi connectivity index (χ1v) is 9.87. The second kappa shape index (κ2) is 7.97. The van der Waals surface area contributed by atoms with Crippen LogP contribution >= 0.6 is 0 Å². The summed E-state index contributed by atoms with van der Waals surface area (Å²) >= 11 is 0. The smallest absolute Gasteiger partial charge is 0.234 e. The standard InChI is InChI=1S/C21H30FN3O2/c1-15(2)23-19(26)14-24(3)18-8-12-25(13-9-18)20(27)21(10-11-21)16-4-6-17(22)7-5-16/h4-7,15,18H,8-14H2,1-3H3,(H,23,26). The van der Waals surface area contributed by atoms with E-state index in [2.05, 4.69) is 10.2 Å². The number of amides is 2. The monoisotopic (exact) mass is 375 g/mol. The molecule has 0 bridgehead atoms. The van der Waals surface area contributed by atoms with Gasteiger partial charge in [0.15, 0.2) is 0 Å². The summed E-state index contributed by atoms with van der Waals surface area (Å²) in [6.45, 7) is 5.72. The Balaban J connectivity index is 1.54. The molecule has 6 heteroatoms. The van der Waals surface area contributed by atoms with Crippen molar-refractivity contribution in [3.63, 3.8) is 0 Å². The SMILES string of the molecule is CC(C)NC(=O)CN(C)C1CCN(C(=O)C2(c3ccc(F)cc3)CC2)CC1. The summed E-state index contributed by atoms with van der Waals surface area (Å²) in [6, 6.07) is 6.82. The van der Waals surface area contributed by atoms with Crippen molar-refractivity contribution >= 4 is 11.8 Å². The van der Waals surface area contributed by atoms with Crippen LogP contribution in [0, 0.1) is 5.82 Å². The van der Waals surface area contributed by atoms with E-state index in [1.54, 1.807) is 12.1 Å². The third-order valence-corrected chi connectivity index (χ3v) is 5.77. The van der Waals surface area contributed by atoms with Gasteiger partial charge in [-0.3, -0.25) is 14.5 Å². The van der Waals surface area contributed by atoms with E-state index in [1.807, 2.05) is 25.8 Å². The molecule has 1 aliphatic carbocycles. The lowest BCUT2D eigenvalue weighted by Gasteiger charge is -2.38. The van der Waals surface area contributed by atoms with Crippen LogP contribution in [0.15, 0.2) is 24.3 Å². The molecule has 5 nitrogen and oxygen atoms in total. The minimum atomic E-state index is -0.441. The fourth-order valence-electron chi connectivity index (χ4n) is 4.06. The van der Waals surface area contributed by atoms with Crippen molar-refractivity contribution < 1.29 is 14.0 Å². The number of hydrogen-bond acceptors (Lipinski definition) is 3. The van der Waals surface area contributed by atoms with E-state index in [1.165, 1.54) is 12.1 Å². The summed E-state index contributed by atoms with van der Waals surface area (Å²) < 4.78 is 13.2. The number of benzene rings is 1. The molecule has 1 aromatic rings. The molecule has 2 fully saturated rings. The van der Waals surface area contributed by atoms with E-state index in [0.29, 0.717) is 25.7 Å². The lowest BCUT2D eigenvalue weighted by Crippen LogP contribution is -2.50. The molecule has 0 atom stereocenters. The maximum Gasteiger partial charge on any atom is 0.234 e. The normalized spacial score (nSPS) is 19.4. The van der Waals surface area contributed by atoms with Crippen LogP contribution in [0.4, 0.5) is 4.39 Å². The van der Waals surface area contributed by atoms with Crippen LogP contribution in [0.25, 0.3) is 0 Å². The molecule has 1 heterocycles. The van der Waals surface area contributed by atoms with E-state index in [-0.39, 0.29) is 23.7 Å². The van der Waals surface area contributed by atoms with Crippen LogP contribution in [0.1, 0.15) is 45.1 Å². The van der Waals surface area contributed by atoms with Crippen molar-refractivity contribution in [2.24, 2.45) is 0 Å². The zero-order valence-corrected chi connectivity index (χ0v) is 16.5. The number of carbonyl (C=O) groups is 2. The predicted molar refractivity (Wildman–Crippen MR) is 103 cm³/mol. The van der Waals surface area contributed by atoms with Crippen LogP contribution in [0.2, 0.25) is 0 Å². The molecule has 2 aliphatic rings. The Morgan fingerprint density at radius 3 is 2.33 bits per heavy atom. The fourth-order valence-corrected chi connectivity index (χ4v) is 4.06. The number of halogens is 1. The van der Waals surface area contributed by atoms with Gasteiger partial charge in [0.25, 0.3) is 0 Å². The second-order valence-electron chi connectivity index (χ2n) is 8.25. The quantitative estimate of drug-likeness (QED) is 0.830. The van der Waals surface area contributed by atoms with Crippen molar-refractivity contribution in [2.75, 3.05) is 26.7 Å². The van der Waals surface area contributed by atoms with Crippen molar-refractivity contribution in [1.82, 2.24) is 15.1 Å². The minimum Gasteiger partial charge on any atom is -0.353 e. The average molecular weight is 375 g/mol. The number of likely N-dealkylation sites (N-methyl/N-ethyl adjacent to an activating group) is 1. The number of piperidine rings is 1. The fraction of sp³-hybridized carbons (Fsp3) is 0.619. The molecule has 0 spiro atoms. The molecule has 2 amide bonds. The second-order valence-corrected chi connectivity index (χ2v) is 8.25. The van der Waals surface area contributed by atoms with Crippen LogP contribution in [-0.2, 0) is 15.0 Å². The molecule has 3 rings (SSSR count). The van der Waals surface area contributed by atoms with Crippen molar-refractivity contribution in [3.8, 4) is 0 Å². The van der Waals surface area contributed by atoms with Crippen molar-refractivity contribution in [3.05, 3.63) is 35.6 Å². The molecule has 1 aromatic carbocycles. The number of hydrogen-bond donors (Lipinski definition) is 1. The Morgan fingerprint density at radius 1 is 1.22 bits per heavy atom. The van der Waals surface area contributed by atoms with Gasteiger partial charge < -0.3 is 10.2 Å². The first-order chi connectivity index (χ1) is 12.8.